The maximum Gasteiger partial charge on any atom is 0.246 e. The fourth-order valence-corrected chi connectivity index (χ4v) is 3.35. The van der Waals surface area contributed by atoms with E-state index in [9.17, 15) is 13.2 Å². The Morgan fingerprint density at radius 3 is 2.38 bits per heavy atom. The molecule has 5 nitrogen and oxygen atoms in total. The maximum absolute atomic E-state index is 12.4. The largest absolute Gasteiger partial charge is 0.484 e. The van der Waals surface area contributed by atoms with Crippen molar-refractivity contribution >= 4 is 15.8 Å². The molecule has 0 heterocycles. The minimum Gasteiger partial charge on any atom is -0.484 e. The van der Waals surface area contributed by atoms with E-state index in [1.54, 1.807) is 37.3 Å². The van der Waals surface area contributed by atoms with Crippen LogP contribution in [0.4, 0.5) is 0 Å². The third-order valence-corrected chi connectivity index (χ3v) is 5.50. The van der Waals surface area contributed by atoms with E-state index >= 15 is 0 Å². The molecule has 0 saturated carbocycles. The number of nitrogens with zero attached hydrogens (tertiary/aromatic N) is 1. The number of rotatable bonds is 6. The minimum atomic E-state index is -3.65. The lowest BCUT2D eigenvalue weighted by molar-refractivity contribution is 0.0918. The molecule has 0 radical (unpaired) electrons. The van der Waals surface area contributed by atoms with Crippen LogP contribution in [-0.4, -0.2) is 39.2 Å². The lowest BCUT2D eigenvalue weighted by Crippen LogP contribution is -2.23. The number of aryl methyl sites for hydroxylation is 2. The summed E-state index contributed by atoms with van der Waals surface area (Å²) in [5.74, 6) is -0.0156. The van der Waals surface area contributed by atoms with Crippen molar-refractivity contribution in [3.05, 3.63) is 59.2 Å². The van der Waals surface area contributed by atoms with E-state index in [4.69, 9.17) is 4.74 Å². The monoisotopic (exact) mass is 347 g/mol. The molecule has 0 N–H and O–H groups in total. The number of hydrogen-bond acceptors (Lipinski definition) is 4. The van der Waals surface area contributed by atoms with E-state index in [-0.39, 0.29) is 23.0 Å². The van der Waals surface area contributed by atoms with Crippen LogP contribution >= 0.6 is 0 Å². The van der Waals surface area contributed by atoms with Gasteiger partial charge in [0, 0.05) is 19.7 Å². The Balaban J connectivity index is 2.28. The Morgan fingerprint density at radius 2 is 1.75 bits per heavy atom. The van der Waals surface area contributed by atoms with Crippen molar-refractivity contribution in [3.63, 3.8) is 0 Å². The summed E-state index contributed by atoms with van der Waals surface area (Å²) in [5.41, 5.74) is 2.23. The van der Waals surface area contributed by atoms with Crippen molar-refractivity contribution in [3.8, 4) is 5.75 Å². The van der Waals surface area contributed by atoms with Crippen molar-refractivity contribution in [2.75, 3.05) is 20.7 Å². The first kappa shape index (κ1) is 18.2. The normalized spacial score (nSPS) is 11.5. The molecule has 0 atom stereocenters. The molecule has 0 aliphatic heterocycles. The number of ether oxygens (including phenoxy) is 1. The first-order valence-electron chi connectivity index (χ1n) is 7.48. The highest BCUT2D eigenvalue weighted by Gasteiger charge is 2.23. The molecule has 0 saturated heterocycles. The van der Waals surface area contributed by atoms with E-state index in [0.29, 0.717) is 5.56 Å². The third-order valence-electron chi connectivity index (χ3n) is 3.66. The molecular weight excluding hydrogens is 326 g/mol. The average molecular weight is 347 g/mol. The molecular formula is C18H21NO4S. The molecule has 0 aliphatic carbocycles. The van der Waals surface area contributed by atoms with Gasteiger partial charge in [-0.3, -0.25) is 4.79 Å². The zero-order valence-electron chi connectivity index (χ0n) is 14.2. The lowest BCUT2D eigenvalue weighted by atomic mass is 10.1. The molecule has 0 spiro atoms. The van der Waals surface area contributed by atoms with Crippen LogP contribution in [0.2, 0.25) is 0 Å². The highest BCUT2D eigenvalue weighted by Crippen LogP contribution is 2.27. The molecule has 2 aromatic rings. The molecule has 0 amide bonds. The van der Waals surface area contributed by atoms with Crippen LogP contribution in [0.1, 0.15) is 21.5 Å². The Morgan fingerprint density at radius 1 is 1.08 bits per heavy atom. The Hall–Kier alpha value is -2.18. The van der Waals surface area contributed by atoms with Gasteiger partial charge in [-0.05, 0) is 37.1 Å². The number of benzene rings is 2. The van der Waals surface area contributed by atoms with Crippen LogP contribution in [0.5, 0.6) is 5.75 Å². The number of hydrogen-bond donors (Lipinski definition) is 0. The Kier molecular flexibility index (Phi) is 5.41. The zero-order valence-corrected chi connectivity index (χ0v) is 15.1. The molecule has 2 aromatic carbocycles. The average Bonchev–Trinajstić information content (AvgIpc) is 2.53. The van der Waals surface area contributed by atoms with Crippen LogP contribution in [0, 0.1) is 13.8 Å². The number of sulfonamides is 1. The summed E-state index contributed by atoms with van der Waals surface area (Å²) < 4.78 is 31.5. The van der Waals surface area contributed by atoms with Gasteiger partial charge in [-0.25, -0.2) is 12.7 Å². The van der Waals surface area contributed by atoms with Crippen LogP contribution in [0.25, 0.3) is 0 Å². The van der Waals surface area contributed by atoms with Gasteiger partial charge in [0.25, 0.3) is 0 Å². The first-order chi connectivity index (χ1) is 11.2. The van der Waals surface area contributed by atoms with Gasteiger partial charge in [0.2, 0.25) is 10.0 Å². The van der Waals surface area contributed by atoms with E-state index in [0.717, 1.165) is 15.4 Å². The van der Waals surface area contributed by atoms with Gasteiger partial charge in [0.05, 0.1) is 0 Å². The van der Waals surface area contributed by atoms with Gasteiger partial charge in [0.15, 0.2) is 12.4 Å². The smallest absolute Gasteiger partial charge is 0.246 e. The van der Waals surface area contributed by atoms with Crippen LogP contribution in [0.3, 0.4) is 0 Å². The second kappa shape index (κ2) is 7.15. The molecule has 0 unspecified atom stereocenters. The predicted octanol–water partition coefficient (Wildman–Crippen LogP) is 2.82. The topological polar surface area (TPSA) is 63.7 Å². The molecule has 0 fully saturated rings. The van der Waals surface area contributed by atoms with Gasteiger partial charge >= 0.3 is 0 Å². The fraction of sp³-hybridized carbons (Fsp3) is 0.278. The molecule has 2 rings (SSSR count). The van der Waals surface area contributed by atoms with Crippen molar-refractivity contribution in [2.45, 2.75) is 18.7 Å². The molecule has 24 heavy (non-hydrogen) atoms. The molecule has 0 bridgehead atoms. The van der Waals surface area contributed by atoms with E-state index in [1.807, 2.05) is 19.1 Å². The number of Topliss-reactive ketones (excluding diaryl/α,β-unsaturated/α-hetero) is 1. The van der Waals surface area contributed by atoms with E-state index < -0.39 is 10.0 Å². The van der Waals surface area contributed by atoms with Gasteiger partial charge in [-0.1, -0.05) is 30.3 Å². The summed E-state index contributed by atoms with van der Waals surface area (Å²) in [4.78, 5) is 12.4. The second-order valence-corrected chi connectivity index (χ2v) is 7.88. The van der Waals surface area contributed by atoms with Crippen molar-refractivity contribution < 1.29 is 17.9 Å². The standard InChI is InChI=1S/C18H21NO4S/c1-13-9-10-17(18(11-13)24(21,22)19(3)4)23-12-16(20)15-8-6-5-7-14(15)2/h5-11H,12H2,1-4H3. The predicted molar refractivity (Wildman–Crippen MR) is 93.1 cm³/mol. The van der Waals surface area contributed by atoms with Gasteiger partial charge in [0.1, 0.15) is 10.6 Å². The number of ketones is 1. The zero-order chi connectivity index (χ0) is 17.9. The van der Waals surface area contributed by atoms with Gasteiger partial charge < -0.3 is 4.74 Å². The van der Waals surface area contributed by atoms with Crippen molar-refractivity contribution in [1.82, 2.24) is 4.31 Å². The quantitative estimate of drug-likeness (QED) is 0.754. The summed E-state index contributed by atoms with van der Waals surface area (Å²) in [6.45, 7) is 3.43. The first-order valence-corrected chi connectivity index (χ1v) is 8.92. The summed E-state index contributed by atoms with van der Waals surface area (Å²) in [6.07, 6.45) is 0. The van der Waals surface area contributed by atoms with Gasteiger partial charge in [-0.2, -0.15) is 0 Å². The Bertz CT molecular complexity index is 857. The molecule has 6 heteroatoms. The lowest BCUT2D eigenvalue weighted by Gasteiger charge is -2.16. The molecule has 0 aliphatic rings. The summed E-state index contributed by atoms with van der Waals surface area (Å²) in [7, 11) is -0.737. The maximum atomic E-state index is 12.4. The summed E-state index contributed by atoms with van der Waals surface area (Å²) in [6, 6.07) is 12.1. The van der Waals surface area contributed by atoms with Crippen LogP contribution in [-0.2, 0) is 10.0 Å². The van der Waals surface area contributed by atoms with Crippen LogP contribution < -0.4 is 4.74 Å². The highest BCUT2D eigenvalue weighted by molar-refractivity contribution is 7.89. The number of carbonyl (C=O) groups is 1. The van der Waals surface area contributed by atoms with Crippen molar-refractivity contribution in [1.29, 1.82) is 0 Å². The van der Waals surface area contributed by atoms with Crippen LogP contribution in [0.15, 0.2) is 47.4 Å². The van der Waals surface area contributed by atoms with Gasteiger partial charge in [-0.15, -0.1) is 0 Å². The minimum absolute atomic E-state index is 0.0603. The highest BCUT2D eigenvalue weighted by atomic mass is 32.2. The number of carbonyl (C=O) groups excluding carboxylic acids is 1. The van der Waals surface area contributed by atoms with Crippen molar-refractivity contribution in [2.24, 2.45) is 0 Å². The SMILES string of the molecule is Cc1ccc(OCC(=O)c2ccccc2C)c(S(=O)(=O)N(C)C)c1. The Labute approximate surface area is 142 Å². The van der Waals surface area contributed by atoms with E-state index in [1.165, 1.54) is 14.1 Å². The third kappa shape index (κ3) is 3.83. The fourth-order valence-electron chi connectivity index (χ4n) is 2.24. The molecule has 128 valence electrons. The summed E-state index contributed by atoms with van der Waals surface area (Å²) >= 11 is 0. The second-order valence-electron chi connectivity index (χ2n) is 5.76. The van der Waals surface area contributed by atoms with E-state index in [2.05, 4.69) is 0 Å². The summed E-state index contributed by atoms with van der Waals surface area (Å²) in [5, 5.41) is 0. The molecule has 0 aromatic heterocycles.